The maximum absolute atomic E-state index is 12.0. The van der Waals surface area contributed by atoms with Crippen LogP contribution >= 0.6 is 23.2 Å². The number of carbonyl (C=O) groups excluding carboxylic acids is 1. The normalized spacial score (nSPS) is 14.3. The van der Waals surface area contributed by atoms with E-state index in [4.69, 9.17) is 23.2 Å². The first-order chi connectivity index (χ1) is 11.6. The van der Waals surface area contributed by atoms with Crippen molar-refractivity contribution in [3.8, 4) is 0 Å². The third-order valence-corrected chi connectivity index (χ3v) is 4.24. The van der Waals surface area contributed by atoms with Crippen LogP contribution in [0.2, 0.25) is 10.0 Å². The SMILES string of the molecule is O=C(Nc1ccc(N2CCCCC2)nc1)Nc1cc(Cl)cc(Cl)c1. The molecule has 0 atom stereocenters. The van der Waals surface area contributed by atoms with Crippen molar-refractivity contribution in [2.75, 3.05) is 28.6 Å². The first kappa shape index (κ1) is 16.9. The largest absolute Gasteiger partial charge is 0.357 e. The van der Waals surface area contributed by atoms with E-state index in [0.717, 1.165) is 18.9 Å². The molecule has 2 amide bonds. The average Bonchev–Trinajstić information content (AvgIpc) is 2.55. The summed E-state index contributed by atoms with van der Waals surface area (Å²) in [7, 11) is 0. The average molecular weight is 365 g/mol. The Balaban J connectivity index is 1.59. The van der Waals surface area contributed by atoms with Crippen molar-refractivity contribution >= 4 is 46.4 Å². The Morgan fingerprint density at radius 2 is 1.62 bits per heavy atom. The van der Waals surface area contributed by atoms with Gasteiger partial charge in [0.05, 0.1) is 11.9 Å². The molecule has 0 saturated carbocycles. The number of carbonyl (C=O) groups is 1. The van der Waals surface area contributed by atoms with Crippen molar-refractivity contribution in [1.82, 2.24) is 4.98 Å². The molecule has 0 unspecified atom stereocenters. The van der Waals surface area contributed by atoms with E-state index in [-0.39, 0.29) is 6.03 Å². The number of rotatable bonds is 3. The van der Waals surface area contributed by atoms with Gasteiger partial charge in [-0.3, -0.25) is 0 Å². The van der Waals surface area contributed by atoms with Gasteiger partial charge in [0.2, 0.25) is 0 Å². The molecule has 0 bridgehead atoms. The van der Waals surface area contributed by atoms with Gasteiger partial charge in [0.15, 0.2) is 0 Å². The van der Waals surface area contributed by atoms with Gasteiger partial charge in [0, 0.05) is 28.8 Å². The maximum Gasteiger partial charge on any atom is 0.323 e. The predicted octanol–water partition coefficient (Wildman–Crippen LogP) is 5.02. The van der Waals surface area contributed by atoms with Gasteiger partial charge in [-0.25, -0.2) is 9.78 Å². The molecule has 7 heteroatoms. The number of pyridine rings is 1. The second-order valence-corrected chi connectivity index (χ2v) is 6.56. The number of piperidine rings is 1. The van der Waals surface area contributed by atoms with E-state index in [1.54, 1.807) is 24.4 Å². The number of nitrogens with one attached hydrogen (secondary N) is 2. The smallest absolute Gasteiger partial charge is 0.323 e. The Morgan fingerprint density at radius 3 is 2.25 bits per heavy atom. The molecule has 0 aliphatic carbocycles. The van der Waals surface area contributed by atoms with Crippen molar-refractivity contribution < 1.29 is 4.79 Å². The predicted molar refractivity (Wildman–Crippen MR) is 99.4 cm³/mol. The maximum atomic E-state index is 12.0. The lowest BCUT2D eigenvalue weighted by Crippen LogP contribution is -2.30. The van der Waals surface area contributed by atoms with Crippen LogP contribution in [0.1, 0.15) is 19.3 Å². The van der Waals surface area contributed by atoms with Gasteiger partial charge in [-0.2, -0.15) is 0 Å². The van der Waals surface area contributed by atoms with Crippen molar-refractivity contribution in [3.05, 3.63) is 46.6 Å². The Kier molecular flexibility index (Phi) is 5.43. The van der Waals surface area contributed by atoms with Gasteiger partial charge in [0.25, 0.3) is 0 Å². The number of amides is 2. The molecular formula is C17H18Cl2N4O. The van der Waals surface area contributed by atoms with Crippen molar-refractivity contribution in [3.63, 3.8) is 0 Å². The van der Waals surface area contributed by atoms with Gasteiger partial charge in [-0.05, 0) is 49.6 Å². The summed E-state index contributed by atoms with van der Waals surface area (Å²) < 4.78 is 0. The van der Waals surface area contributed by atoms with Crippen LogP contribution in [-0.2, 0) is 0 Å². The number of urea groups is 1. The van der Waals surface area contributed by atoms with Gasteiger partial charge in [-0.1, -0.05) is 23.2 Å². The van der Waals surface area contributed by atoms with Gasteiger partial charge < -0.3 is 15.5 Å². The highest BCUT2D eigenvalue weighted by Gasteiger charge is 2.12. The molecule has 2 N–H and O–H groups in total. The number of hydrogen-bond acceptors (Lipinski definition) is 3. The molecular weight excluding hydrogens is 347 g/mol. The molecule has 1 aliphatic heterocycles. The highest BCUT2D eigenvalue weighted by Crippen LogP contribution is 2.23. The lowest BCUT2D eigenvalue weighted by atomic mass is 10.1. The van der Waals surface area contributed by atoms with E-state index >= 15 is 0 Å². The number of halogens is 2. The van der Waals surface area contributed by atoms with E-state index < -0.39 is 0 Å². The van der Waals surface area contributed by atoms with Crippen LogP contribution in [0.25, 0.3) is 0 Å². The van der Waals surface area contributed by atoms with Crippen LogP contribution in [0.15, 0.2) is 36.5 Å². The molecule has 1 aromatic carbocycles. The summed E-state index contributed by atoms with van der Waals surface area (Å²) in [5, 5.41) is 6.36. The second-order valence-electron chi connectivity index (χ2n) is 5.69. The monoisotopic (exact) mass is 364 g/mol. The Morgan fingerprint density at radius 1 is 0.958 bits per heavy atom. The summed E-state index contributed by atoms with van der Waals surface area (Å²) >= 11 is 11.8. The Labute approximate surface area is 151 Å². The standard InChI is InChI=1S/C17H18Cl2N4O/c18-12-8-13(19)10-15(9-12)22-17(24)21-14-4-5-16(20-11-14)23-6-2-1-3-7-23/h4-5,8-11H,1-3,6-7H2,(H2,21,22,24). The topological polar surface area (TPSA) is 57.3 Å². The summed E-state index contributed by atoms with van der Waals surface area (Å²) in [6, 6.07) is 8.27. The lowest BCUT2D eigenvalue weighted by molar-refractivity contribution is 0.262. The fourth-order valence-corrected chi connectivity index (χ4v) is 3.22. The highest BCUT2D eigenvalue weighted by molar-refractivity contribution is 6.35. The number of nitrogens with zero attached hydrogens (tertiary/aromatic N) is 2. The third-order valence-electron chi connectivity index (χ3n) is 3.81. The molecule has 24 heavy (non-hydrogen) atoms. The van der Waals surface area contributed by atoms with E-state index in [9.17, 15) is 4.79 Å². The Hall–Kier alpha value is -1.98. The van der Waals surface area contributed by atoms with E-state index in [2.05, 4.69) is 20.5 Å². The molecule has 1 aliphatic rings. The zero-order valence-electron chi connectivity index (χ0n) is 13.1. The molecule has 1 aromatic heterocycles. The van der Waals surface area contributed by atoms with Crippen molar-refractivity contribution in [2.45, 2.75) is 19.3 Å². The fraction of sp³-hybridized carbons (Fsp3) is 0.294. The minimum absolute atomic E-state index is 0.374. The molecule has 2 heterocycles. The van der Waals surface area contributed by atoms with Crippen LogP contribution in [0.4, 0.5) is 22.0 Å². The van der Waals surface area contributed by atoms with Crippen LogP contribution < -0.4 is 15.5 Å². The van der Waals surface area contributed by atoms with Crippen LogP contribution in [0.5, 0.6) is 0 Å². The first-order valence-electron chi connectivity index (χ1n) is 7.85. The molecule has 1 saturated heterocycles. The molecule has 5 nitrogen and oxygen atoms in total. The van der Waals surface area contributed by atoms with Crippen LogP contribution in [0, 0.1) is 0 Å². The summed E-state index contributed by atoms with van der Waals surface area (Å²) in [6.07, 6.45) is 5.34. The van der Waals surface area contributed by atoms with Crippen molar-refractivity contribution in [1.29, 1.82) is 0 Å². The van der Waals surface area contributed by atoms with Gasteiger partial charge in [0.1, 0.15) is 5.82 Å². The number of aromatic nitrogens is 1. The van der Waals surface area contributed by atoms with E-state index in [1.165, 1.54) is 19.3 Å². The second kappa shape index (κ2) is 7.73. The number of benzene rings is 1. The van der Waals surface area contributed by atoms with E-state index in [1.807, 2.05) is 12.1 Å². The van der Waals surface area contributed by atoms with Crippen LogP contribution in [0.3, 0.4) is 0 Å². The molecule has 0 radical (unpaired) electrons. The molecule has 3 rings (SSSR count). The zero-order valence-corrected chi connectivity index (χ0v) is 14.6. The number of anilines is 3. The molecule has 0 spiro atoms. The molecule has 2 aromatic rings. The fourth-order valence-electron chi connectivity index (χ4n) is 2.69. The lowest BCUT2D eigenvalue weighted by Gasteiger charge is -2.27. The minimum Gasteiger partial charge on any atom is -0.357 e. The summed E-state index contributed by atoms with van der Waals surface area (Å²) in [5.74, 6) is 0.947. The quantitative estimate of drug-likeness (QED) is 0.803. The van der Waals surface area contributed by atoms with Gasteiger partial charge >= 0.3 is 6.03 Å². The van der Waals surface area contributed by atoms with Crippen LogP contribution in [-0.4, -0.2) is 24.1 Å². The molecule has 126 valence electrons. The third kappa shape index (κ3) is 4.52. The first-order valence-corrected chi connectivity index (χ1v) is 8.61. The van der Waals surface area contributed by atoms with Gasteiger partial charge in [-0.15, -0.1) is 0 Å². The summed E-state index contributed by atoms with van der Waals surface area (Å²) in [6.45, 7) is 2.07. The Bertz CT molecular complexity index is 695. The van der Waals surface area contributed by atoms with Crippen molar-refractivity contribution in [2.24, 2.45) is 0 Å². The minimum atomic E-state index is -0.374. The number of hydrogen-bond donors (Lipinski definition) is 2. The summed E-state index contributed by atoms with van der Waals surface area (Å²) in [5.41, 5.74) is 1.16. The van der Waals surface area contributed by atoms with E-state index in [0.29, 0.717) is 21.4 Å². The molecule has 1 fully saturated rings. The highest BCUT2D eigenvalue weighted by atomic mass is 35.5. The summed E-state index contributed by atoms with van der Waals surface area (Å²) in [4.78, 5) is 18.7. The zero-order chi connectivity index (χ0) is 16.9.